The second kappa shape index (κ2) is 7.26. The van der Waals surface area contributed by atoms with E-state index in [0.717, 1.165) is 0 Å². The Labute approximate surface area is 120 Å². The summed E-state index contributed by atoms with van der Waals surface area (Å²) in [5.41, 5.74) is -0.600. The number of amides is 2. The predicted molar refractivity (Wildman–Crippen MR) is 76.1 cm³/mol. The molecule has 3 atom stereocenters. The van der Waals surface area contributed by atoms with Crippen molar-refractivity contribution < 1.29 is 19.5 Å². The minimum atomic E-state index is -1.07. The maximum atomic E-state index is 12.0. The Kier molecular flexibility index (Phi) is 6.68. The van der Waals surface area contributed by atoms with Crippen LogP contribution in [0, 0.1) is 11.3 Å². The zero-order valence-corrected chi connectivity index (χ0v) is 13.1. The van der Waals surface area contributed by atoms with Crippen molar-refractivity contribution in [3.8, 4) is 0 Å². The summed E-state index contributed by atoms with van der Waals surface area (Å²) in [7, 11) is 0. The van der Waals surface area contributed by atoms with Gasteiger partial charge < -0.3 is 15.7 Å². The van der Waals surface area contributed by atoms with Crippen LogP contribution in [0.3, 0.4) is 0 Å². The molecule has 0 heterocycles. The van der Waals surface area contributed by atoms with Gasteiger partial charge in [0.1, 0.15) is 12.1 Å². The van der Waals surface area contributed by atoms with Gasteiger partial charge in [0, 0.05) is 5.41 Å². The highest BCUT2D eigenvalue weighted by atomic mass is 16.4. The molecule has 0 aliphatic heterocycles. The Morgan fingerprint density at radius 3 is 1.95 bits per heavy atom. The zero-order valence-electron chi connectivity index (χ0n) is 13.1. The number of aliphatic carboxylic acids is 1. The van der Waals surface area contributed by atoms with E-state index in [1.807, 2.05) is 6.92 Å². The van der Waals surface area contributed by atoms with Crippen molar-refractivity contribution >= 4 is 17.8 Å². The summed E-state index contributed by atoms with van der Waals surface area (Å²) >= 11 is 0. The van der Waals surface area contributed by atoms with Gasteiger partial charge in [0.25, 0.3) is 0 Å². The van der Waals surface area contributed by atoms with Crippen molar-refractivity contribution in [3.63, 3.8) is 0 Å². The summed E-state index contributed by atoms with van der Waals surface area (Å²) in [5, 5.41) is 14.2. The fourth-order valence-corrected chi connectivity index (χ4v) is 1.44. The molecule has 116 valence electrons. The summed E-state index contributed by atoms with van der Waals surface area (Å²) in [5.74, 6) is -1.99. The fraction of sp³-hybridized carbons (Fsp3) is 0.786. The number of carboxylic acids is 1. The lowest BCUT2D eigenvalue weighted by molar-refractivity contribution is -0.143. The van der Waals surface area contributed by atoms with Crippen LogP contribution < -0.4 is 10.6 Å². The summed E-state index contributed by atoms with van der Waals surface area (Å²) in [6.07, 6.45) is 0.639. The van der Waals surface area contributed by atoms with Gasteiger partial charge in [-0.1, -0.05) is 41.0 Å². The minimum Gasteiger partial charge on any atom is -0.480 e. The van der Waals surface area contributed by atoms with Crippen LogP contribution in [-0.4, -0.2) is 35.0 Å². The lowest BCUT2D eigenvalue weighted by atomic mass is 9.95. The predicted octanol–water partition coefficient (Wildman–Crippen LogP) is 1.15. The van der Waals surface area contributed by atoms with E-state index in [1.54, 1.807) is 27.7 Å². The number of carbonyl (C=O) groups excluding carboxylic acids is 2. The van der Waals surface area contributed by atoms with E-state index in [0.29, 0.717) is 6.42 Å². The van der Waals surface area contributed by atoms with Crippen molar-refractivity contribution in [2.24, 2.45) is 11.3 Å². The molecular weight excluding hydrogens is 260 g/mol. The number of rotatable bonds is 6. The van der Waals surface area contributed by atoms with Crippen molar-refractivity contribution in [1.82, 2.24) is 10.6 Å². The SMILES string of the molecule is CCC(C)[C@H](NC(=O)C(C)NC(=O)C(C)(C)C)C(=O)O. The van der Waals surface area contributed by atoms with Crippen LogP contribution in [0.15, 0.2) is 0 Å². The van der Waals surface area contributed by atoms with E-state index < -0.39 is 29.4 Å². The molecule has 0 fully saturated rings. The Morgan fingerprint density at radius 2 is 1.60 bits per heavy atom. The largest absolute Gasteiger partial charge is 0.480 e. The Bertz CT molecular complexity index is 374. The summed E-state index contributed by atoms with van der Waals surface area (Å²) < 4.78 is 0. The molecule has 0 spiro atoms. The first-order chi connectivity index (χ1) is 9.00. The third kappa shape index (κ3) is 5.59. The van der Waals surface area contributed by atoms with E-state index in [2.05, 4.69) is 10.6 Å². The fourth-order valence-electron chi connectivity index (χ4n) is 1.44. The quantitative estimate of drug-likeness (QED) is 0.682. The highest BCUT2D eigenvalue weighted by Gasteiger charge is 2.29. The van der Waals surface area contributed by atoms with Crippen LogP contribution in [0.2, 0.25) is 0 Å². The second-order valence-electron chi connectivity index (χ2n) is 6.16. The second-order valence-corrected chi connectivity index (χ2v) is 6.16. The van der Waals surface area contributed by atoms with Crippen LogP contribution in [0.25, 0.3) is 0 Å². The molecule has 0 aromatic rings. The Morgan fingerprint density at radius 1 is 1.10 bits per heavy atom. The van der Waals surface area contributed by atoms with Gasteiger partial charge in [-0.2, -0.15) is 0 Å². The first kappa shape index (κ1) is 18.4. The highest BCUT2D eigenvalue weighted by Crippen LogP contribution is 2.13. The molecule has 0 bridgehead atoms. The number of carboxylic acid groups (broad SMARTS) is 1. The molecule has 0 aliphatic carbocycles. The molecule has 3 N–H and O–H groups in total. The van der Waals surface area contributed by atoms with Gasteiger partial charge in [-0.3, -0.25) is 9.59 Å². The van der Waals surface area contributed by atoms with Gasteiger partial charge in [0.05, 0.1) is 0 Å². The van der Waals surface area contributed by atoms with E-state index in [9.17, 15) is 14.4 Å². The average Bonchev–Trinajstić information content (AvgIpc) is 2.32. The molecule has 0 saturated heterocycles. The first-order valence-corrected chi connectivity index (χ1v) is 6.84. The van der Waals surface area contributed by atoms with Gasteiger partial charge in [-0.25, -0.2) is 4.79 Å². The number of nitrogens with one attached hydrogen (secondary N) is 2. The van der Waals surface area contributed by atoms with Gasteiger partial charge in [-0.05, 0) is 12.8 Å². The van der Waals surface area contributed by atoms with Crippen molar-refractivity contribution in [2.75, 3.05) is 0 Å². The maximum absolute atomic E-state index is 12.0. The van der Waals surface area contributed by atoms with Crippen molar-refractivity contribution in [3.05, 3.63) is 0 Å². The standard InChI is InChI=1S/C14H26N2O4/c1-7-8(2)10(12(18)19)16-11(17)9(3)15-13(20)14(4,5)6/h8-10H,7H2,1-6H3,(H,15,20)(H,16,17)(H,18,19)/t8?,9?,10-/m0/s1. The van der Waals surface area contributed by atoms with Gasteiger partial charge >= 0.3 is 5.97 Å². The van der Waals surface area contributed by atoms with Crippen molar-refractivity contribution in [2.45, 2.75) is 60.0 Å². The maximum Gasteiger partial charge on any atom is 0.326 e. The Balaban J connectivity index is 4.66. The van der Waals surface area contributed by atoms with Gasteiger partial charge in [-0.15, -0.1) is 0 Å². The molecule has 0 radical (unpaired) electrons. The molecule has 0 aromatic heterocycles. The number of hydrogen-bond donors (Lipinski definition) is 3. The molecule has 0 aliphatic rings. The molecule has 6 nitrogen and oxygen atoms in total. The van der Waals surface area contributed by atoms with Crippen LogP contribution in [0.1, 0.15) is 48.0 Å². The smallest absolute Gasteiger partial charge is 0.326 e. The molecule has 2 amide bonds. The van der Waals surface area contributed by atoms with E-state index in [4.69, 9.17) is 5.11 Å². The van der Waals surface area contributed by atoms with Crippen LogP contribution in [0.4, 0.5) is 0 Å². The minimum absolute atomic E-state index is 0.179. The molecular formula is C14H26N2O4. The Hall–Kier alpha value is -1.59. The van der Waals surface area contributed by atoms with Gasteiger partial charge in [0.2, 0.25) is 11.8 Å². The third-order valence-electron chi connectivity index (χ3n) is 3.20. The van der Waals surface area contributed by atoms with E-state index in [1.165, 1.54) is 6.92 Å². The van der Waals surface area contributed by atoms with Crippen LogP contribution in [0.5, 0.6) is 0 Å². The third-order valence-corrected chi connectivity index (χ3v) is 3.20. The molecule has 0 rings (SSSR count). The average molecular weight is 286 g/mol. The first-order valence-electron chi connectivity index (χ1n) is 6.84. The number of hydrogen-bond acceptors (Lipinski definition) is 3. The van der Waals surface area contributed by atoms with Crippen molar-refractivity contribution in [1.29, 1.82) is 0 Å². The number of carbonyl (C=O) groups is 3. The summed E-state index contributed by atoms with van der Waals surface area (Å²) in [6.45, 7) is 10.4. The normalized spacial score (nSPS) is 15.9. The van der Waals surface area contributed by atoms with E-state index >= 15 is 0 Å². The summed E-state index contributed by atoms with van der Waals surface area (Å²) in [4.78, 5) is 34.9. The zero-order chi connectivity index (χ0) is 16.1. The van der Waals surface area contributed by atoms with E-state index in [-0.39, 0.29) is 11.8 Å². The highest BCUT2D eigenvalue weighted by molar-refractivity contribution is 5.91. The molecule has 0 saturated carbocycles. The summed E-state index contributed by atoms with van der Waals surface area (Å²) in [6, 6.07) is -1.71. The molecule has 20 heavy (non-hydrogen) atoms. The van der Waals surface area contributed by atoms with Crippen LogP contribution >= 0.6 is 0 Å². The lowest BCUT2D eigenvalue weighted by Crippen LogP contribution is -2.53. The van der Waals surface area contributed by atoms with Gasteiger partial charge in [0.15, 0.2) is 0 Å². The monoisotopic (exact) mass is 286 g/mol. The topological polar surface area (TPSA) is 95.5 Å². The lowest BCUT2D eigenvalue weighted by Gasteiger charge is -2.24. The molecule has 0 aromatic carbocycles. The molecule has 2 unspecified atom stereocenters. The van der Waals surface area contributed by atoms with Crippen LogP contribution in [-0.2, 0) is 14.4 Å². The molecule has 6 heteroatoms.